The molecule has 0 aliphatic carbocycles. The fraction of sp³-hybridized carbons (Fsp3) is 0.909. The summed E-state index contributed by atoms with van der Waals surface area (Å²) in [6, 6.07) is 0. The van der Waals surface area contributed by atoms with Crippen molar-refractivity contribution in [3.8, 4) is 0 Å². The highest BCUT2D eigenvalue weighted by molar-refractivity contribution is 4.84. The Labute approximate surface area is 142 Å². The highest BCUT2D eigenvalue weighted by Crippen LogP contribution is 2.21. The van der Waals surface area contributed by atoms with E-state index in [0.29, 0.717) is 0 Å². The molecule has 0 heteroatoms. The van der Waals surface area contributed by atoms with E-state index in [9.17, 15) is 0 Å². The molecule has 0 heterocycles. The van der Waals surface area contributed by atoms with Gasteiger partial charge < -0.3 is 0 Å². The van der Waals surface area contributed by atoms with Gasteiger partial charge in [0.2, 0.25) is 0 Å². The van der Waals surface area contributed by atoms with Gasteiger partial charge in [-0.05, 0) is 25.2 Å². The van der Waals surface area contributed by atoms with Crippen molar-refractivity contribution >= 4 is 0 Å². The lowest BCUT2D eigenvalue weighted by atomic mass is 9.92. The van der Waals surface area contributed by atoms with Crippen LogP contribution in [0.5, 0.6) is 0 Å². The van der Waals surface area contributed by atoms with E-state index in [1.165, 1.54) is 103 Å². The lowest BCUT2D eigenvalue weighted by Gasteiger charge is -2.13. The van der Waals surface area contributed by atoms with Gasteiger partial charge >= 0.3 is 0 Å². The first-order valence-electron chi connectivity index (χ1n) is 10.5. The molecule has 1 unspecified atom stereocenters. The second-order valence-electron chi connectivity index (χ2n) is 7.12. The minimum absolute atomic E-state index is 0.951. The molecule has 0 nitrogen and oxygen atoms in total. The Bertz CT molecular complexity index is 216. The van der Waals surface area contributed by atoms with Crippen LogP contribution in [0.15, 0.2) is 12.2 Å². The molecule has 0 aliphatic rings. The maximum Gasteiger partial charge on any atom is -0.0322 e. The summed E-state index contributed by atoms with van der Waals surface area (Å²) in [5.41, 5.74) is 0. The van der Waals surface area contributed by atoms with Crippen molar-refractivity contribution in [2.75, 3.05) is 0 Å². The number of allylic oxidation sites excluding steroid dienone is 2. The molecule has 0 aromatic rings. The van der Waals surface area contributed by atoms with Crippen LogP contribution in [0.4, 0.5) is 0 Å². The Hall–Kier alpha value is -0.260. The lowest BCUT2D eigenvalue weighted by molar-refractivity contribution is 0.422. The van der Waals surface area contributed by atoms with Crippen molar-refractivity contribution in [1.29, 1.82) is 0 Å². The molecule has 0 saturated heterocycles. The molecular formula is C22H44. The topological polar surface area (TPSA) is 0 Å². The molecule has 0 aliphatic heterocycles. The Morgan fingerprint density at radius 3 is 1.77 bits per heavy atom. The first kappa shape index (κ1) is 21.7. The van der Waals surface area contributed by atoms with Gasteiger partial charge in [0.25, 0.3) is 0 Å². The molecule has 0 aromatic heterocycles. The third kappa shape index (κ3) is 16.1. The molecule has 0 N–H and O–H groups in total. The van der Waals surface area contributed by atoms with Gasteiger partial charge in [0.1, 0.15) is 0 Å². The van der Waals surface area contributed by atoms with Crippen molar-refractivity contribution in [3.05, 3.63) is 12.2 Å². The molecule has 1 atom stereocenters. The smallest absolute Gasteiger partial charge is 0.0322 e. The molecule has 0 fully saturated rings. The van der Waals surface area contributed by atoms with Crippen LogP contribution in [-0.4, -0.2) is 0 Å². The predicted molar refractivity (Wildman–Crippen MR) is 104 cm³/mol. The molecule has 0 aromatic carbocycles. The molecule has 0 radical (unpaired) electrons. The summed E-state index contributed by atoms with van der Waals surface area (Å²) >= 11 is 0. The van der Waals surface area contributed by atoms with Crippen LogP contribution in [0.2, 0.25) is 0 Å². The molecule has 0 amide bonds. The van der Waals surface area contributed by atoms with Crippen LogP contribution in [-0.2, 0) is 0 Å². The van der Waals surface area contributed by atoms with Crippen molar-refractivity contribution in [2.45, 2.75) is 124 Å². The van der Waals surface area contributed by atoms with Gasteiger partial charge in [0.15, 0.2) is 0 Å². The second kappa shape index (κ2) is 18.8. The van der Waals surface area contributed by atoms with Gasteiger partial charge in [-0.2, -0.15) is 0 Å². The zero-order valence-corrected chi connectivity index (χ0v) is 16.0. The lowest BCUT2D eigenvalue weighted by Crippen LogP contribution is -1.99. The zero-order chi connectivity index (χ0) is 16.3. The first-order valence-corrected chi connectivity index (χ1v) is 10.5. The number of rotatable bonds is 17. The third-order valence-corrected chi connectivity index (χ3v) is 4.77. The second-order valence-corrected chi connectivity index (χ2v) is 7.12. The molecule has 0 saturated carbocycles. The minimum atomic E-state index is 0.951. The van der Waals surface area contributed by atoms with Crippen LogP contribution >= 0.6 is 0 Å². The SMILES string of the molecule is CCCCCC=CCC(CCC)CCCCCCCCCC. The maximum absolute atomic E-state index is 2.47. The third-order valence-electron chi connectivity index (χ3n) is 4.77. The normalized spacial score (nSPS) is 13.0. The van der Waals surface area contributed by atoms with E-state index in [1.807, 2.05) is 0 Å². The van der Waals surface area contributed by atoms with Gasteiger partial charge in [-0.3, -0.25) is 0 Å². The molecular weight excluding hydrogens is 264 g/mol. The van der Waals surface area contributed by atoms with Crippen LogP contribution in [0.25, 0.3) is 0 Å². The minimum Gasteiger partial charge on any atom is -0.0885 e. The van der Waals surface area contributed by atoms with E-state index < -0.39 is 0 Å². The molecule has 0 bridgehead atoms. The highest BCUT2D eigenvalue weighted by Gasteiger charge is 2.05. The summed E-state index contributed by atoms with van der Waals surface area (Å²) in [5, 5.41) is 0. The summed E-state index contributed by atoms with van der Waals surface area (Å²) in [6.07, 6.45) is 27.5. The quantitative estimate of drug-likeness (QED) is 0.187. The number of hydrogen-bond donors (Lipinski definition) is 0. The van der Waals surface area contributed by atoms with Gasteiger partial charge in [-0.1, -0.05) is 116 Å². The van der Waals surface area contributed by atoms with Crippen molar-refractivity contribution in [2.24, 2.45) is 5.92 Å². The number of hydrogen-bond acceptors (Lipinski definition) is 0. The molecule has 0 rings (SSSR count). The summed E-state index contributed by atoms with van der Waals surface area (Å²) in [7, 11) is 0. The van der Waals surface area contributed by atoms with Gasteiger partial charge in [0, 0.05) is 0 Å². The van der Waals surface area contributed by atoms with E-state index in [1.54, 1.807) is 0 Å². The standard InChI is InChI=1S/C22H44/c1-4-7-9-11-13-14-16-18-21-22(19-6-3)20-17-15-12-10-8-5-2/h15,17,22H,4-14,16,18-21H2,1-3H3. The van der Waals surface area contributed by atoms with E-state index in [2.05, 4.69) is 32.9 Å². The first-order chi connectivity index (χ1) is 10.8. The monoisotopic (exact) mass is 308 g/mol. The summed E-state index contributed by atoms with van der Waals surface area (Å²) in [5.74, 6) is 0.951. The average Bonchev–Trinajstić information content (AvgIpc) is 2.53. The Kier molecular flexibility index (Phi) is 18.6. The maximum atomic E-state index is 2.47. The number of unbranched alkanes of at least 4 members (excludes halogenated alkanes) is 10. The van der Waals surface area contributed by atoms with E-state index in [0.717, 1.165) is 5.92 Å². The predicted octanol–water partition coefficient (Wildman–Crippen LogP) is 8.46. The summed E-state index contributed by atoms with van der Waals surface area (Å²) < 4.78 is 0. The van der Waals surface area contributed by atoms with Crippen LogP contribution in [0.1, 0.15) is 124 Å². The molecule has 22 heavy (non-hydrogen) atoms. The van der Waals surface area contributed by atoms with E-state index >= 15 is 0 Å². The van der Waals surface area contributed by atoms with Crippen LogP contribution < -0.4 is 0 Å². The van der Waals surface area contributed by atoms with Gasteiger partial charge in [0.05, 0.1) is 0 Å². The Balaban J connectivity index is 3.54. The Morgan fingerprint density at radius 2 is 1.14 bits per heavy atom. The fourth-order valence-corrected chi connectivity index (χ4v) is 3.27. The highest BCUT2D eigenvalue weighted by atomic mass is 14.1. The van der Waals surface area contributed by atoms with Crippen molar-refractivity contribution < 1.29 is 0 Å². The van der Waals surface area contributed by atoms with Crippen molar-refractivity contribution in [3.63, 3.8) is 0 Å². The van der Waals surface area contributed by atoms with Crippen LogP contribution in [0.3, 0.4) is 0 Å². The largest absolute Gasteiger partial charge is 0.0885 e. The zero-order valence-electron chi connectivity index (χ0n) is 16.0. The van der Waals surface area contributed by atoms with Gasteiger partial charge in [-0.25, -0.2) is 0 Å². The molecule has 132 valence electrons. The van der Waals surface area contributed by atoms with E-state index in [4.69, 9.17) is 0 Å². The fourth-order valence-electron chi connectivity index (χ4n) is 3.27. The van der Waals surface area contributed by atoms with Crippen LogP contribution in [0, 0.1) is 5.92 Å². The summed E-state index contributed by atoms with van der Waals surface area (Å²) in [6.45, 7) is 6.92. The summed E-state index contributed by atoms with van der Waals surface area (Å²) in [4.78, 5) is 0. The van der Waals surface area contributed by atoms with Crippen molar-refractivity contribution in [1.82, 2.24) is 0 Å². The molecule has 0 spiro atoms. The van der Waals surface area contributed by atoms with E-state index in [-0.39, 0.29) is 0 Å². The van der Waals surface area contributed by atoms with Gasteiger partial charge in [-0.15, -0.1) is 0 Å². The average molecular weight is 309 g/mol. The Morgan fingerprint density at radius 1 is 0.545 bits per heavy atom.